The molecule has 1 N–H and O–H groups in total. The highest BCUT2D eigenvalue weighted by atomic mass is 16.2. The van der Waals surface area contributed by atoms with Crippen LogP contribution >= 0.6 is 0 Å². The van der Waals surface area contributed by atoms with Gasteiger partial charge in [0.1, 0.15) is 0 Å². The molecule has 2 heterocycles. The van der Waals surface area contributed by atoms with Crippen molar-refractivity contribution >= 4 is 22.4 Å². The molecule has 1 atom stereocenters. The summed E-state index contributed by atoms with van der Waals surface area (Å²) in [6.45, 7) is 2.78. The lowest BCUT2D eigenvalue weighted by Crippen LogP contribution is -2.40. The van der Waals surface area contributed by atoms with E-state index in [0.717, 1.165) is 12.1 Å². The van der Waals surface area contributed by atoms with Crippen LogP contribution in [0.15, 0.2) is 53.3 Å². The van der Waals surface area contributed by atoms with Crippen LogP contribution in [0.4, 0.5) is 5.69 Å². The molecule has 1 aliphatic heterocycles. The van der Waals surface area contributed by atoms with E-state index in [9.17, 15) is 9.59 Å². The second kappa shape index (κ2) is 5.60. The number of aromatic amines is 1. The zero-order valence-electron chi connectivity index (χ0n) is 13.3. The molecule has 2 aromatic carbocycles. The molecule has 24 heavy (non-hydrogen) atoms. The molecule has 1 amide bonds. The number of anilines is 1. The SMILES string of the molecule is CC1Cc2ccccc2N(C(=O)c2n[nH]c(=O)c3ccccc23)C1. The molecule has 1 unspecified atom stereocenters. The highest BCUT2D eigenvalue weighted by molar-refractivity contribution is 6.12. The van der Waals surface area contributed by atoms with E-state index >= 15 is 0 Å². The molecule has 4 rings (SSSR count). The van der Waals surface area contributed by atoms with Crippen molar-refractivity contribution in [1.82, 2.24) is 10.2 Å². The highest BCUT2D eigenvalue weighted by Gasteiger charge is 2.28. The van der Waals surface area contributed by atoms with Gasteiger partial charge in [-0.3, -0.25) is 9.59 Å². The van der Waals surface area contributed by atoms with Crippen molar-refractivity contribution < 1.29 is 4.79 Å². The molecule has 3 aromatic rings. The zero-order chi connectivity index (χ0) is 16.7. The Kier molecular flexibility index (Phi) is 3.41. The van der Waals surface area contributed by atoms with Gasteiger partial charge in [-0.25, -0.2) is 5.10 Å². The molecule has 0 fully saturated rings. The Balaban J connectivity index is 1.86. The van der Waals surface area contributed by atoms with E-state index in [1.54, 1.807) is 23.1 Å². The smallest absolute Gasteiger partial charge is 0.279 e. The number of H-pyrrole nitrogens is 1. The number of benzene rings is 2. The number of aromatic nitrogens is 2. The van der Waals surface area contributed by atoms with Crippen molar-refractivity contribution in [2.45, 2.75) is 13.3 Å². The fraction of sp³-hybridized carbons (Fsp3) is 0.211. The first kappa shape index (κ1) is 14.6. The van der Waals surface area contributed by atoms with Gasteiger partial charge in [0, 0.05) is 17.6 Å². The molecule has 0 aliphatic carbocycles. The van der Waals surface area contributed by atoms with Gasteiger partial charge < -0.3 is 4.90 Å². The lowest BCUT2D eigenvalue weighted by atomic mass is 9.93. The lowest BCUT2D eigenvalue weighted by molar-refractivity contribution is 0.0977. The number of rotatable bonds is 1. The van der Waals surface area contributed by atoms with Crippen molar-refractivity contribution in [3.63, 3.8) is 0 Å². The van der Waals surface area contributed by atoms with E-state index < -0.39 is 0 Å². The average Bonchev–Trinajstić information content (AvgIpc) is 2.61. The standard InChI is InChI=1S/C19H17N3O2/c1-12-10-13-6-2-5-9-16(13)22(11-12)19(24)17-14-7-3-4-8-15(14)18(23)21-20-17/h2-9,12H,10-11H2,1H3,(H,21,23). The Bertz CT molecular complexity index is 993. The number of amides is 1. The zero-order valence-corrected chi connectivity index (χ0v) is 13.3. The fourth-order valence-electron chi connectivity index (χ4n) is 3.39. The number of carbonyl (C=O) groups is 1. The Morgan fingerprint density at radius 1 is 1.12 bits per heavy atom. The monoisotopic (exact) mass is 319 g/mol. The van der Waals surface area contributed by atoms with E-state index in [-0.39, 0.29) is 17.2 Å². The van der Waals surface area contributed by atoms with E-state index in [4.69, 9.17) is 0 Å². The number of para-hydroxylation sites is 1. The summed E-state index contributed by atoms with van der Waals surface area (Å²) in [6.07, 6.45) is 0.958. The molecule has 0 saturated carbocycles. The summed E-state index contributed by atoms with van der Waals surface area (Å²) in [5.74, 6) is 0.194. The van der Waals surface area contributed by atoms with Crippen molar-refractivity contribution in [3.8, 4) is 0 Å². The van der Waals surface area contributed by atoms with Gasteiger partial charge in [-0.05, 0) is 30.0 Å². The largest absolute Gasteiger partial charge is 0.306 e. The van der Waals surface area contributed by atoms with Crippen molar-refractivity contribution in [2.75, 3.05) is 11.4 Å². The number of hydrogen-bond donors (Lipinski definition) is 1. The predicted molar refractivity (Wildman–Crippen MR) is 93.4 cm³/mol. The van der Waals surface area contributed by atoms with E-state index in [1.807, 2.05) is 24.3 Å². The second-order valence-electron chi connectivity index (χ2n) is 6.30. The summed E-state index contributed by atoms with van der Waals surface area (Å²) in [5, 5.41) is 7.56. The second-order valence-corrected chi connectivity index (χ2v) is 6.30. The summed E-state index contributed by atoms with van der Waals surface area (Å²) >= 11 is 0. The molecule has 0 radical (unpaired) electrons. The van der Waals surface area contributed by atoms with E-state index in [1.165, 1.54) is 5.56 Å². The maximum absolute atomic E-state index is 13.2. The van der Waals surface area contributed by atoms with Gasteiger partial charge in [0.05, 0.1) is 5.39 Å². The van der Waals surface area contributed by atoms with Crippen LogP contribution in [0.1, 0.15) is 23.0 Å². The van der Waals surface area contributed by atoms with Crippen LogP contribution in [0.2, 0.25) is 0 Å². The molecule has 0 spiro atoms. The van der Waals surface area contributed by atoms with Gasteiger partial charge in [0.25, 0.3) is 11.5 Å². The van der Waals surface area contributed by atoms with Crippen LogP contribution in [0.5, 0.6) is 0 Å². The topological polar surface area (TPSA) is 66.1 Å². The molecule has 5 heteroatoms. The first-order chi connectivity index (χ1) is 11.6. The van der Waals surface area contributed by atoms with Gasteiger partial charge in [-0.15, -0.1) is 0 Å². The molecule has 1 aliphatic rings. The van der Waals surface area contributed by atoms with Gasteiger partial charge in [0.15, 0.2) is 5.69 Å². The summed E-state index contributed by atoms with van der Waals surface area (Å²) in [7, 11) is 0. The molecular formula is C19H17N3O2. The molecular weight excluding hydrogens is 302 g/mol. The highest BCUT2D eigenvalue weighted by Crippen LogP contribution is 2.31. The Hall–Kier alpha value is -2.95. The number of hydrogen-bond acceptors (Lipinski definition) is 3. The minimum atomic E-state index is -0.283. The van der Waals surface area contributed by atoms with E-state index in [0.29, 0.717) is 23.2 Å². The minimum Gasteiger partial charge on any atom is -0.306 e. The van der Waals surface area contributed by atoms with Gasteiger partial charge in [-0.1, -0.05) is 43.3 Å². The van der Waals surface area contributed by atoms with E-state index in [2.05, 4.69) is 23.2 Å². The minimum absolute atomic E-state index is 0.179. The number of nitrogens with zero attached hydrogens (tertiary/aromatic N) is 2. The molecule has 0 bridgehead atoms. The Morgan fingerprint density at radius 2 is 1.83 bits per heavy atom. The third-order valence-electron chi connectivity index (χ3n) is 4.49. The van der Waals surface area contributed by atoms with Gasteiger partial charge in [0.2, 0.25) is 0 Å². The van der Waals surface area contributed by atoms with Crippen LogP contribution in [-0.2, 0) is 6.42 Å². The molecule has 5 nitrogen and oxygen atoms in total. The lowest BCUT2D eigenvalue weighted by Gasteiger charge is -2.33. The van der Waals surface area contributed by atoms with Crippen molar-refractivity contribution in [2.24, 2.45) is 5.92 Å². The van der Waals surface area contributed by atoms with Gasteiger partial charge in [-0.2, -0.15) is 5.10 Å². The normalized spacial score (nSPS) is 16.9. The van der Waals surface area contributed by atoms with Gasteiger partial charge >= 0.3 is 0 Å². The molecule has 1 aromatic heterocycles. The first-order valence-electron chi connectivity index (χ1n) is 8.02. The van der Waals surface area contributed by atoms with Crippen LogP contribution in [0.25, 0.3) is 10.8 Å². The summed E-state index contributed by atoms with van der Waals surface area (Å²) in [4.78, 5) is 26.9. The summed E-state index contributed by atoms with van der Waals surface area (Å²) in [5.41, 5.74) is 2.10. The number of nitrogens with one attached hydrogen (secondary N) is 1. The molecule has 120 valence electrons. The number of fused-ring (bicyclic) bond motifs is 2. The summed E-state index contributed by atoms with van der Waals surface area (Å²) in [6, 6.07) is 15.0. The maximum Gasteiger partial charge on any atom is 0.279 e. The van der Waals surface area contributed by atoms with Crippen molar-refractivity contribution in [3.05, 3.63) is 70.1 Å². The fourth-order valence-corrected chi connectivity index (χ4v) is 3.39. The predicted octanol–water partition coefficient (Wildman–Crippen LogP) is 2.76. The average molecular weight is 319 g/mol. The third kappa shape index (κ3) is 2.29. The van der Waals surface area contributed by atoms with Crippen molar-refractivity contribution in [1.29, 1.82) is 0 Å². The first-order valence-corrected chi connectivity index (χ1v) is 8.02. The summed E-state index contributed by atoms with van der Waals surface area (Å²) < 4.78 is 0. The molecule has 0 saturated heterocycles. The third-order valence-corrected chi connectivity index (χ3v) is 4.49. The quantitative estimate of drug-likeness (QED) is 0.750. The van der Waals surface area contributed by atoms with Crippen LogP contribution in [-0.4, -0.2) is 22.6 Å². The Labute approximate surface area is 138 Å². The van der Waals surface area contributed by atoms with Crippen LogP contribution < -0.4 is 10.5 Å². The van der Waals surface area contributed by atoms with Crippen LogP contribution in [0, 0.1) is 5.92 Å². The Morgan fingerprint density at radius 3 is 2.67 bits per heavy atom. The van der Waals surface area contributed by atoms with Crippen LogP contribution in [0.3, 0.4) is 0 Å². The number of carbonyl (C=O) groups excluding carboxylic acids is 1. The maximum atomic E-state index is 13.2.